The molecule has 1 heterocycles. The Kier molecular flexibility index (Phi) is 1.99. The summed E-state index contributed by atoms with van der Waals surface area (Å²) in [5.41, 5.74) is 0. The summed E-state index contributed by atoms with van der Waals surface area (Å²) in [7, 11) is -3.40. The Morgan fingerprint density at radius 1 is 1.64 bits per heavy atom. The number of aromatic nitrogens is 4. The van der Waals surface area contributed by atoms with Crippen LogP contribution in [-0.2, 0) is 10.0 Å². The molecule has 1 rings (SSSR count). The summed E-state index contributed by atoms with van der Waals surface area (Å²) in [4.78, 5) is 0. The first-order valence-electron chi connectivity index (χ1n) is 2.74. The third-order valence-corrected chi connectivity index (χ3v) is 2.34. The molecular weight excluding hydrogens is 168 g/mol. The van der Waals surface area contributed by atoms with Gasteiger partial charge in [0.2, 0.25) is 0 Å². The molecule has 6 nitrogen and oxygen atoms in total. The fraction of sp³-hybridized carbons (Fsp3) is 0.250. The van der Waals surface area contributed by atoms with Crippen molar-refractivity contribution in [2.24, 2.45) is 0 Å². The van der Waals surface area contributed by atoms with Crippen LogP contribution in [-0.4, -0.2) is 33.8 Å². The first-order chi connectivity index (χ1) is 5.17. The minimum atomic E-state index is -3.40. The zero-order valence-corrected chi connectivity index (χ0v) is 6.40. The predicted octanol–water partition coefficient (Wildman–Crippen LogP) is -0.963. The molecule has 0 radical (unpaired) electrons. The zero-order valence-electron chi connectivity index (χ0n) is 5.58. The largest absolute Gasteiger partial charge is 0.260 e. The van der Waals surface area contributed by atoms with Gasteiger partial charge in [-0.25, -0.2) is 8.42 Å². The van der Waals surface area contributed by atoms with Gasteiger partial charge in [-0.2, -0.15) is 0 Å². The van der Waals surface area contributed by atoms with E-state index >= 15 is 0 Å². The first kappa shape index (κ1) is 7.86. The molecule has 60 valence electrons. The lowest BCUT2D eigenvalue weighted by molar-refractivity contribution is 0.580. The maximum atomic E-state index is 11.0. The van der Waals surface area contributed by atoms with E-state index in [1.807, 2.05) is 0 Å². The second kappa shape index (κ2) is 2.79. The van der Waals surface area contributed by atoms with E-state index < -0.39 is 10.0 Å². The van der Waals surface area contributed by atoms with Crippen LogP contribution in [0.1, 0.15) is 0 Å². The molecular formula is C4H6N4O2S. The van der Waals surface area contributed by atoms with Crippen molar-refractivity contribution >= 4 is 10.0 Å². The summed E-state index contributed by atoms with van der Waals surface area (Å²) < 4.78 is 22.8. The molecule has 0 aliphatic heterocycles. The molecule has 1 aromatic rings. The van der Waals surface area contributed by atoms with Gasteiger partial charge >= 0.3 is 0 Å². The van der Waals surface area contributed by atoms with Crippen molar-refractivity contribution in [2.45, 2.75) is 0 Å². The van der Waals surface area contributed by atoms with Crippen LogP contribution in [0.2, 0.25) is 0 Å². The van der Waals surface area contributed by atoms with Gasteiger partial charge in [-0.15, -0.1) is 15.8 Å². The van der Waals surface area contributed by atoms with Crippen LogP contribution in [0.25, 0.3) is 0 Å². The topological polar surface area (TPSA) is 77.7 Å². The second-order valence-corrected chi connectivity index (χ2v) is 3.62. The molecule has 0 saturated carbocycles. The molecule has 0 fully saturated rings. The van der Waals surface area contributed by atoms with E-state index in [0.717, 1.165) is 6.33 Å². The van der Waals surface area contributed by atoms with Crippen LogP contribution < -0.4 is 0 Å². The van der Waals surface area contributed by atoms with Crippen LogP contribution in [0, 0.1) is 0 Å². The molecule has 0 unspecified atom stereocenters. The Morgan fingerprint density at radius 2 is 2.36 bits per heavy atom. The minimum Gasteiger partial charge on any atom is -0.204 e. The van der Waals surface area contributed by atoms with Crippen LogP contribution in [0.4, 0.5) is 0 Å². The maximum absolute atomic E-state index is 11.0. The molecule has 0 amide bonds. The van der Waals surface area contributed by atoms with Crippen molar-refractivity contribution in [1.82, 2.24) is 19.6 Å². The highest BCUT2D eigenvalue weighted by Crippen LogP contribution is 1.91. The predicted molar refractivity (Wildman–Crippen MR) is 37.2 cm³/mol. The Balaban J connectivity index is 3.01. The summed E-state index contributed by atoms with van der Waals surface area (Å²) in [6, 6.07) is 0. The molecule has 0 spiro atoms. The highest BCUT2D eigenvalue weighted by Gasteiger charge is 2.10. The highest BCUT2D eigenvalue weighted by molar-refractivity contribution is 7.89. The zero-order chi connectivity index (χ0) is 8.32. The van der Waals surface area contributed by atoms with Gasteiger partial charge in [0.25, 0.3) is 10.0 Å². The molecule has 0 N–H and O–H groups in total. The van der Waals surface area contributed by atoms with Crippen molar-refractivity contribution in [3.63, 3.8) is 0 Å². The fourth-order valence-electron chi connectivity index (χ4n) is 0.506. The van der Waals surface area contributed by atoms with Gasteiger partial charge in [-0.1, -0.05) is 6.08 Å². The van der Waals surface area contributed by atoms with E-state index in [9.17, 15) is 8.42 Å². The lowest BCUT2D eigenvalue weighted by Crippen LogP contribution is -2.15. The minimum absolute atomic E-state index is 0.169. The van der Waals surface area contributed by atoms with Crippen molar-refractivity contribution < 1.29 is 8.42 Å². The summed E-state index contributed by atoms with van der Waals surface area (Å²) in [5, 5.41) is 9.61. The van der Waals surface area contributed by atoms with Gasteiger partial charge in [-0.3, -0.25) is 0 Å². The van der Waals surface area contributed by atoms with Crippen LogP contribution in [0.3, 0.4) is 0 Å². The van der Waals surface area contributed by atoms with Crippen molar-refractivity contribution in [3.8, 4) is 0 Å². The summed E-state index contributed by atoms with van der Waals surface area (Å²) in [6.45, 7) is 3.29. The molecule has 0 atom stereocenters. The maximum Gasteiger partial charge on any atom is 0.260 e. The number of hydrogen-bond donors (Lipinski definition) is 0. The third-order valence-electron chi connectivity index (χ3n) is 0.944. The van der Waals surface area contributed by atoms with Crippen LogP contribution in [0.15, 0.2) is 19.0 Å². The Morgan fingerprint density at radius 3 is 2.82 bits per heavy atom. The lowest BCUT2D eigenvalue weighted by Gasteiger charge is -1.95. The Bertz CT molecular complexity index is 327. The van der Waals surface area contributed by atoms with E-state index in [1.54, 1.807) is 0 Å². The summed E-state index contributed by atoms with van der Waals surface area (Å²) in [5.74, 6) is -0.169. The van der Waals surface area contributed by atoms with Gasteiger partial charge in [0, 0.05) is 0 Å². The van der Waals surface area contributed by atoms with E-state index in [1.165, 1.54) is 6.08 Å². The van der Waals surface area contributed by atoms with Gasteiger partial charge in [0.1, 0.15) is 0 Å². The molecule has 0 aromatic carbocycles. The Hall–Kier alpha value is -1.24. The monoisotopic (exact) mass is 174 g/mol. The van der Waals surface area contributed by atoms with Gasteiger partial charge in [0.05, 0.1) is 5.75 Å². The number of nitrogens with zero attached hydrogens (tertiary/aromatic N) is 4. The number of rotatable bonds is 3. The third kappa shape index (κ3) is 1.61. The van der Waals surface area contributed by atoms with Crippen molar-refractivity contribution in [2.75, 3.05) is 5.75 Å². The molecule has 1 aromatic heterocycles. The van der Waals surface area contributed by atoms with Gasteiger partial charge in [0.15, 0.2) is 6.33 Å². The fourth-order valence-corrected chi connectivity index (χ4v) is 1.29. The van der Waals surface area contributed by atoms with Crippen LogP contribution >= 0.6 is 0 Å². The quantitative estimate of drug-likeness (QED) is 0.551. The number of hydrogen-bond acceptors (Lipinski definition) is 5. The van der Waals surface area contributed by atoms with E-state index in [0.29, 0.717) is 4.09 Å². The smallest absolute Gasteiger partial charge is 0.204 e. The SMILES string of the molecule is C=CCS(=O)(=O)n1cnnn1. The molecule has 0 aliphatic carbocycles. The number of tetrazole rings is 1. The van der Waals surface area contributed by atoms with Gasteiger partial charge < -0.3 is 0 Å². The molecule has 0 saturated heterocycles. The standard InChI is InChI=1S/C4H6N4O2S/c1-2-3-11(9,10)8-4-5-6-7-8/h2,4H,1,3H2. The van der Waals surface area contributed by atoms with Crippen LogP contribution in [0.5, 0.6) is 0 Å². The Labute approximate surface area is 63.6 Å². The van der Waals surface area contributed by atoms with E-state index in [-0.39, 0.29) is 5.75 Å². The second-order valence-electron chi connectivity index (χ2n) is 1.75. The van der Waals surface area contributed by atoms with E-state index in [2.05, 4.69) is 22.1 Å². The van der Waals surface area contributed by atoms with E-state index in [4.69, 9.17) is 0 Å². The molecule has 0 aliphatic rings. The van der Waals surface area contributed by atoms with Crippen molar-refractivity contribution in [3.05, 3.63) is 19.0 Å². The summed E-state index contributed by atoms with van der Waals surface area (Å²) in [6.07, 6.45) is 2.30. The average molecular weight is 174 g/mol. The average Bonchev–Trinajstić information content (AvgIpc) is 2.37. The molecule has 7 heteroatoms. The van der Waals surface area contributed by atoms with Crippen molar-refractivity contribution in [1.29, 1.82) is 0 Å². The molecule has 11 heavy (non-hydrogen) atoms. The lowest BCUT2D eigenvalue weighted by atomic mass is 10.8. The highest BCUT2D eigenvalue weighted by atomic mass is 32.2. The first-order valence-corrected chi connectivity index (χ1v) is 4.35. The normalized spacial score (nSPS) is 11.3. The van der Waals surface area contributed by atoms with Gasteiger partial charge in [-0.05, 0) is 10.4 Å². The summed E-state index contributed by atoms with van der Waals surface area (Å²) >= 11 is 0. The molecule has 0 bridgehead atoms.